The monoisotopic (exact) mass is 487 g/mol. The van der Waals surface area contributed by atoms with E-state index < -0.39 is 6.04 Å². The van der Waals surface area contributed by atoms with Crippen LogP contribution in [0.25, 0.3) is 0 Å². The molecule has 174 valence electrons. The first-order valence-electron chi connectivity index (χ1n) is 10.5. The van der Waals surface area contributed by atoms with Crippen molar-refractivity contribution in [3.63, 3.8) is 0 Å². The SMILES string of the molecule is C=CCN1C(=S)N(c2ccc(OC)c(Cl)c2)C(=O)C1CC(=O)Nc1ccc(OCCC)cc1. The second-order valence-electron chi connectivity index (χ2n) is 7.36. The van der Waals surface area contributed by atoms with E-state index >= 15 is 0 Å². The van der Waals surface area contributed by atoms with E-state index in [-0.39, 0.29) is 23.3 Å². The molecule has 1 fully saturated rings. The number of nitrogens with one attached hydrogen (secondary N) is 1. The number of carbonyl (C=O) groups is 2. The quantitative estimate of drug-likeness (QED) is 0.388. The predicted molar refractivity (Wildman–Crippen MR) is 134 cm³/mol. The number of methoxy groups -OCH3 is 1. The fraction of sp³-hybridized carbons (Fsp3) is 0.292. The molecular weight excluding hydrogens is 462 g/mol. The highest BCUT2D eigenvalue weighted by molar-refractivity contribution is 7.80. The van der Waals surface area contributed by atoms with Gasteiger partial charge in [0.05, 0.1) is 30.8 Å². The van der Waals surface area contributed by atoms with E-state index in [0.717, 1.165) is 12.2 Å². The number of carbonyl (C=O) groups excluding carboxylic acids is 2. The van der Waals surface area contributed by atoms with Gasteiger partial charge >= 0.3 is 0 Å². The number of hydrogen-bond acceptors (Lipinski definition) is 5. The fourth-order valence-corrected chi connectivity index (χ4v) is 4.10. The summed E-state index contributed by atoms with van der Waals surface area (Å²) >= 11 is 11.8. The maximum absolute atomic E-state index is 13.3. The molecule has 0 bridgehead atoms. The van der Waals surface area contributed by atoms with E-state index in [1.54, 1.807) is 53.4 Å². The maximum Gasteiger partial charge on any atom is 0.256 e. The van der Waals surface area contributed by atoms with Crippen molar-refractivity contribution < 1.29 is 19.1 Å². The topological polar surface area (TPSA) is 71.1 Å². The van der Waals surface area contributed by atoms with Crippen molar-refractivity contribution in [3.8, 4) is 11.5 Å². The highest BCUT2D eigenvalue weighted by Crippen LogP contribution is 2.33. The molecule has 0 saturated carbocycles. The Bertz CT molecular complexity index is 1040. The number of benzene rings is 2. The Morgan fingerprint density at radius 2 is 2.00 bits per heavy atom. The van der Waals surface area contributed by atoms with E-state index in [9.17, 15) is 9.59 Å². The Morgan fingerprint density at radius 3 is 2.61 bits per heavy atom. The number of thiocarbonyl (C=S) groups is 1. The van der Waals surface area contributed by atoms with Gasteiger partial charge in [-0.3, -0.25) is 14.5 Å². The van der Waals surface area contributed by atoms with Gasteiger partial charge in [-0.25, -0.2) is 0 Å². The highest BCUT2D eigenvalue weighted by atomic mass is 35.5. The van der Waals surface area contributed by atoms with Crippen LogP contribution in [0.2, 0.25) is 5.02 Å². The van der Waals surface area contributed by atoms with E-state index in [4.69, 9.17) is 33.3 Å². The van der Waals surface area contributed by atoms with Crippen molar-refractivity contribution in [3.05, 3.63) is 60.1 Å². The molecule has 2 aromatic rings. The minimum Gasteiger partial charge on any atom is -0.495 e. The molecule has 3 rings (SSSR count). The molecule has 1 aliphatic heterocycles. The summed E-state index contributed by atoms with van der Waals surface area (Å²) in [6.07, 6.45) is 2.49. The van der Waals surface area contributed by atoms with Crippen LogP contribution in [0.3, 0.4) is 0 Å². The predicted octanol–water partition coefficient (Wildman–Crippen LogP) is 4.65. The van der Waals surface area contributed by atoms with Crippen LogP contribution in [0.4, 0.5) is 11.4 Å². The summed E-state index contributed by atoms with van der Waals surface area (Å²) in [5.41, 5.74) is 1.13. The third-order valence-electron chi connectivity index (χ3n) is 5.03. The standard InChI is InChI=1S/C24H26ClN3O4S/c1-4-12-27-20(15-22(29)26-16-6-9-18(10-7-16)32-13-5-2)23(30)28(24(27)33)17-8-11-21(31-3)19(25)14-17/h4,6-11,14,20H,1,5,12-13,15H2,2-3H3,(H,26,29). The molecule has 1 heterocycles. The smallest absolute Gasteiger partial charge is 0.256 e. The largest absolute Gasteiger partial charge is 0.495 e. The van der Waals surface area contributed by atoms with Crippen LogP contribution in [0.5, 0.6) is 11.5 Å². The first-order valence-corrected chi connectivity index (χ1v) is 11.3. The molecule has 7 nitrogen and oxygen atoms in total. The van der Waals surface area contributed by atoms with Crippen LogP contribution in [0, 0.1) is 0 Å². The van der Waals surface area contributed by atoms with Gasteiger partial charge in [0.15, 0.2) is 5.11 Å². The molecule has 2 amide bonds. The van der Waals surface area contributed by atoms with Gasteiger partial charge in [0.25, 0.3) is 5.91 Å². The minimum absolute atomic E-state index is 0.0682. The summed E-state index contributed by atoms with van der Waals surface area (Å²) in [7, 11) is 1.51. The number of hydrogen-bond donors (Lipinski definition) is 1. The molecule has 33 heavy (non-hydrogen) atoms. The van der Waals surface area contributed by atoms with E-state index in [1.165, 1.54) is 12.0 Å². The Balaban J connectivity index is 1.74. The van der Waals surface area contributed by atoms with Crippen LogP contribution < -0.4 is 19.7 Å². The number of rotatable bonds is 10. The summed E-state index contributed by atoms with van der Waals surface area (Å²) in [5.74, 6) is 0.615. The lowest BCUT2D eigenvalue weighted by Crippen LogP contribution is -2.37. The summed E-state index contributed by atoms with van der Waals surface area (Å²) in [4.78, 5) is 29.1. The lowest BCUT2D eigenvalue weighted by atomic mass is 10.1. The molecule has 0 spiro atoms. The molecule has 1 unspecified atom stereocenters. The average Bonchev–Trinajstić information content (AvgIpc) is 3.02. The summed E-state index contributed by atoms with van der Waals surface area (Å²) in [6.45, 7) is 6.74. The van der Waals surface area contributed by atoms with Crippen molar-refractivity contribution >= 4 is 52.1 Å². The zero-order chi connectivity index (χ0) is 24.0. The van der Waals surface area contributed by atoms with Crippen molar-refractivity contribution in [1.82, 2.24) is 4.90 Å². The van der Waals surface area contributed by atoms with Gasteiger partial charge < -0.3 is 19.7 Å². The van der Waals surface area contributed by atoms with Gasteiger partial charge in [0, 0.05) is 12.2 Å². The number of amides is 2. The Hall–Kier alpha value is -3.10. The molecule has 1 N–H and O–H groups in total. The Morgan fingerprint density at radius 1 is 1.27 bits per heavy atom. The number of ether oxygens (including phenoxy) is 2. The van der Waals surface area contributed by atoms with Gasteiger partial charge in [-0.05, 0) is 61.1 Å². The lowest BCUT2D eigenvalue weighted by Gasteiger charge is -2.22. The van der Waals surface area contributed by atoms with Gasteiger partial charge in [0.2, 0.25) is 5.91 Å². The van der Waals surface area contributed by atoms with Gasteiger partial charge in [0.1, 0.15) is 17.5 Å². The first-order chi connectivity index (χ1) is 15.9. The lowest BCUT2D eigenvalue weighted by molar-refractivity contribution is -0.124. The number of halogens is 1. The third kappa shape index (κ3) is 5.64. The number of anilines is 2. The molecule has 0 aliphatic carbocycles. The molecule has 0 radical (unpaired) electrons. The van der Waals surface area contributed by atoms with E-state index in [2.05, 4.69) is 11.9 Å². The normalized spacial score (nSPS) is 15.5. The van der Waals surface area contributed by atoms with Crippen LogP contribution in [0.1, 0.15) is 19.8 Å². The summed E-state index contributed by atoms with van der Waals surface area (Å²) in [5, 5.41) is 3.47. The molecule has 1 atom stereocenters. The first kappa shape index (κ1) is 24.5. The minimum atomic E-state index is -0.761. The Kier molecular flexibility index (Phi) is 8.30. The number of nitrogens with zero attached hydrogens (tertiary/aromatic N) is 2. The van der Waals surface area contributed by atoms with E-state index in [1.807, 2.05) is 6.92 Å². The molecule has 0 aromatic heterocycles. The molecule has 2 aromatic carbocycles. The van der Waals surface area contributed by atoms with Crippen LogP contribution in [-0.4, -0.2) is 48.1 Å². The van der Waals surface area contributed by atoms with Gasteiger partial charge in [-0.2, -0.15) is 0 Å². The van der Waals surface area contributed by atoms with Crippen molar-refractivity contribution in [1.29, 1.82) is 0 Å². The summed E-state index contributed by atoms with van der Waals surface area (Å²) in [6, 6.07) is 11.3. The highest BCUT2D eigenvalue weighted by Gasteiger charge is 2.43. The van der Waals surface area contributed by atoms with Crippen molar-refractivity contribution in [2.45, 2.75) is 25.8 Å². The van der Waals surface area contributed by atoms with Crippen LogP contribution in [0.15, 0.2) is 55.1 Å². The fourth-order valence-electron chi connectivity index (χ4n) is 3.45. The zero-order valence-corrected chi connectivity index (χ0v) is 20.1. The van der Waals surface area contributed by atoms with Crippen LogP contribution in [-0.2, 0) is 9.59 Å². The van der Waals surface area contributed by atoms with Crippen molar-refractivity contribution in [2.24, 2.45) is 0 Å². The second-order valence-corrected chi connectivity index (χ2v) is 8.13. The van der Waals surface area contributed by atoms with Gasteiger partial charge in [-0.15, -0.1) is 6.58 Å². The second kappa shape index (κ2) is 11.2. The molecule has 9 heteroatoms. The zero-order valence-electron chi connectivity index (χ0n) is 18.5. The third-order valence-corrected chi connectivity index (χ3v) is 5.74. The average molecular weight is 488 g/mol. The molecular formula is C24H26ClN3O4S. The van der Waals surface area contributed by atoms with Crippen LogP contribution >= 0.6 is 23.8 Å². The molecule has 1 aliphatic rings. The Labute approximate surface area is 203 Å². The molecule has 1 saturated heterocycles. The maximum atomic E-state index is 13.3. The summed E-state index contributed by atoms with van der Waals surface area (Å²) < 4.78 is 10.7. The van der Waals surface area contributed by atoms with Gasteiger partial charge in [-0.1, -0.05) is 24.6 Å². The van der Waals surface area contributed by atoms with Crippen molar-refractivity contribution in [2.75, 3.05) is 30.5 Å². The van der Waals surface area contributed by atoms with E-state index in [0.29, 0.717) is 35.3 Å².